The van der Waals surface area contributed by atoms with Crippen molar-refractivity contribution < 1.29 is 14.6 Å². The molecular formula is C11H17NO3. The fourth-order valence-corrected chi connectivity index (χ4v) is 1.19. The predicted molar refractivity (Wildman–Crippen MR) is 57.8 cm³/mol. The molecule has 1 atom stereocenters. The highest BCUT2D eigenvalue weighted by Crippen LogP contribution is 2.18. The Morgan fingerprint density at radius 2 is 2.20 bits per heavy atom. The Kier molecular flexibility index (Phi) is 5.10. The summed E-state index contributed by atoms with van der Waals surface area (Å²) in [7, 11) is 1.62. The van der Waals surface area contributed by atoms with Crippen molar-refractivity contribution in [2.45, 2.75) is 6.10 Å². The summed E-state index contributed by atoms with van der Waals surface area (Å²) in [6.07, 6.45) is -0.629. The third-order valence-corrected chi connectivity index (χ3v) is 2.02. The van der Waals surface area contributed by atoms with Gasteiger partial charge in [-0.05, 0) is 17.7 Å². The number of nitrogens with two attached hydrogens (primary N) is 1. The zero-order valence-electron chi connectivity index (χ0n) is 8.85. The van der Waals surface area contributed by atoms with Crippen LogP contribution in [0.4, 0.5) is 0 Å². The molecule has 1 aromatic carbocycles. The van der Waals surface area contributed by atoms with Crippen molar-refractivity contribution in [3.05, 3.63) is 29.8 Å². The molecule has 0 fully saturated rings. The second-order valence-corrected chi connectivity index (χ2v) is 3.17. The fourth-order valence-electron chi connectivity index (χ4n) is 1.19. The number of methoxy groups -OCH3 is 1. The maximum absolute atomic E-state index is 9.52. The van der Waals surface area contributed by atoms with Gasteiger partial charge in [0.25, 0.3) is 0 Å². The van der Waals surface area contributed by atoms with Crippen LogP contribution >= 0.6 is 0 Å². The van der Waals surface area contributed by atoms with Crippen molar-refractivity contribution in [3.8, 4) is 5.75 Å². The Labute approximate surface area is 89.6 Å². The number of ether oxygens (including phenoxy) is 2. The summed E-state index contributed by atoms with van der Waals surface area (Å²) in [5, 5.41) is 9.52. The molecule has 0 saturated carbocycles. The summed E-state index contributed by atoms with van der Waals surface area (Å²) in [5.41, 5.74) is 6.14. The highest BCUT2D eigenvalue weighted by atomic mass is 16.5. The summed E-state index contributed by atoms with van der Waals surface area (Å²) in [6, 6.07) is 7.27. The molecule has 4 heteroatoms. The van der Waals surface area contributed by atoms with Crippen LogP contribution < -0.4 is 10.5 Å². The molecule has 0 bridgehead atoms. The van der Waals surface area contributed by atoms with Crippen LogP contribution in [0, 0.1) is 0 Å². The van der Waals surface area contributed by atoms with Crippen LogP contribution in [0.15, 0.2) is 24.3 Å². The summed E-state index contributed by atoms with van der Waals surface area (Å²) in [5.74, 6) is 0.719. The van der Waals surface area contributed by atoms with E-state index in [1.807, 2.05) is 18.2 Å². The molecule has 0 aromatic heterocycles. The van der Waals surface area contributed by atoms with E-state index in [0.29, 0.717) is 13.2 Å². The predicted octanol–water partition coefficient (Wildman–Crippen LogP) is 0.704. The standard InChI is InChI=1S/C11H17NO3/c1-14-5-6-15-10-4-2-3-9(7-10)11(13)8-12/h2-4,7,11,13H,5-6,8,12H2,1H3. The second-order valence-electron chi connectivity index (χ2n) is 3.17. The number of rotatable bonds is 6. The Balaban J connectivity index is 2.57. The molecule has 84 valence electrons. The molecule has 0 amide bonds. The van der Waals surface area contributed by atoms with Crippen molar-refractivity contribution in [3.63, 3.8) is 0 Å². The van der Waals surface area contributed by atoms with Gasteiger partial charge >= 0.3 is 0 Å². The molecule has 0 radical (unpaired) electrons. The summed E-state index contributed by atoms with van der Waals surface area (Å²) >= 11 is 0. The number of hydrogen-bond acceptors (Lipinski definition) is 4. The number of benzene rings is 1. The van der Waals surface area contributed by atoms with Gasteiger partial charge in [-0.2, -0.15) is 0 Å². The minimum atomic E-state index is -0.629. The molecule has 0 heterocycles. The smallest absolute Gasteiger partial charge is 0.119 e. The minimum absolute atomic E-state index is 0.210. The van der Waals surface area contributed by atoms with E-state index in [-0.39, 0.29) is 6.54 Å². The fraction of sp³-hybridized carbons (Fsp3) is 0.455. The van der Waals surface area contributed by atoms with Crippen molar-refractivity contribution in [1.29, 1.82) is 0 Å². The first-order chi connectivity index (χ1) is 7.27. The summed E-state index contributed by atoms with van der Waals surface area (Å²) in [4.78, 5) is 0. The van der Waals surface area contributed by atoms with Crippen LogP contribution in [0.1, 0.15) is 11.7 Å². The molecule has 1 unspecified atom stereocenters. The zero-order valence-corrected chi connectivity index (χ0v) is 8.85. The lowest BCUT2D eigenvalue weighted by Gasteiger charge is -2.10. The highest BCUT2D eigenvalue weighted by molar-refractivity contribution is 5.29. The average Bonchev–Trinajstić information content (AvgIpc) is 2.29. The van der Waals surface area contributed by atoms with E-state index in [0.717, 1.165) is 11.3 Å². The van der Waals surface area contributed by atoms with E-state index in [1.54, 1.807) is 13.2 Å². The van der Waals surface area contributed by atoms with Gasteiger partial charge in [0.15, 0.2) is 0 Å². The summed E-state index contributed by atoms with van der Waals surface area (Å²) < 4.78 is 10.3. The average molecular weight is 211 g/mol. The first-order valence-corrected chi connectivity index (χ1v) is 4.87. The molecule has 1 aromatic rings. The van der Waals surface area contributed by atoms with Crippen LogP contribution in [0.3, 0.4) is 0 Å². The first kappa shape index (κ1) is 12.0. The van der Waals surface area contributed by atoms with E-state index in [1.165, 1.54) is 0 Å². The Hall–Kier alpha value is -1.10. The SMILES string of the molecule is COCCOc1cccc(C(O)CN)c1. The Bertz CT molecular complexity index is 291. The first-order valence-electron chi connectivity index (χ1n) is 4.87. The molecule has 0 spiro atoms. The van der Waals surface area contributed by atoms with E-state index in [9.17, 15) is 5.11 Å². The normalized spacial score (nSPS) is 12.5. The van der Waals surface area contributed by atoms with E-state index in [4.69, 9.17) is 15.2 Å². The molecule has 0 aliphatic heterocycles. The van der Waals surface area contributed by atoms with Gasteiger partial charge in [0.2, 0.25) is 0 Å². The molecule has 1 rings (SSSR count). The molecular weight excluding hydrogens is 194 g/mol. The number of hydrogen-bond donors (Lipinski definition) is 2. The number of aliphatic hydroxyl groups excluding tert-OH is 1. The molecule has 0 saturated heterocycles. The monoisotopic (exact) mass is 211 g/mol. The van der Waals surface area contributed by atoms with Crippen molar-refractivity contribution in [2.24, 2.45) is 5.73 Å². The maximum Gasteiger partial charge on any atom is 0.119 e. The van der Waals surface area contributed by atoms with E-state index >= 15 is 0 Å². The number of aliphatic hydroxyl groups is 1. The molecule has 4 nitrogen and oxygen atoms in total. The largest absolute Gasteiger partial charge is 0.491 e. The summed E-state index contributed by atoms with van der Waals surface area (Å²) in [6.45, 7) is 1.25. The van der Waals surface area contributed by atoms with Gasteiger partial charge in [0.1, 0.15) is 12.4 Å². The van der Waals surface area contributed by atoms with Crippen LogP contribution in [-0.4, -0.2) is 32.0 Å². The minimum Gasteiger partial charge on any atom is -0.491 e. The van der Waals surface area contributed by atoms with E-state index < -0.39 is 6.10 Å². The third kappa shape index (κ3) is 3.87. The van der Waals surface area contributed by atoms with Gasteiger partial charge in [-0.3, -0.25) is 0 Å². The third-order valence-electron chi connectivity index (χ3n) is 2.02. The maximum atomic E-state index is 9.52. The Morgan fingerprint density at radius 1 is 1.40 bits per heavy atom. The van der Waals surface area contributed by atoms with Gasteiger partial charge in [-0.15, -0.1) is 0 Å². The van der Waals surface area contributed by atoms with Crippen LogP contribution in [-0.2, 0) is 4.74 Å². The van der Waals surface area contributed by atoms with Gasteiger partial charge < -0.3 is 20.3 Å². The second kappa shape index (κ2) is 6.40. The molecule has 0 aliphatic carbocycles. The quantitative estimate of drug-likeness (QED) is 0.680. The lowest BCUT2D eigenvalue weighted by atomic mass is 10.1. The van der Waals surface area contributed by atoms with Gasteiger partial charge in [0, 0.05) is 13.7 Å². The highest BCUT2D eigenvalue weighted by Gasteiger charge is 2.05. The zero-order chi connectivity index (χ0) is 11.1. The van der Waals surface area contributed by atoms with Crippen LogP contribution in [0.5, 0.6) is 5.75 Å². The van der Waals surface area contributed by atoms with Crippen molar-refractivity contribution in [1.82, 2.24) is 0 Å². The Morgan fingerprint density at radius 3 is 2.87 bits per heavy atom. The topological polar surface area (TPSA) is 64.7 Å². The van der Waals surface area contributed by atoms with Crippen LogP contribution in [0.2, 0.25) is 0 Å². The van der Waals surface area contributed by atoms with Gasteiger partial charge in [0.05, 0.1) is 12.7 Å². The van der Waals surface area contributed by atoms with Crippen molar-refractivity contribution >= 4 is 0 Å². The molecule has 15 heavy (non-hydrogen) atoms. The molecule has 3 N–H and O–H groups in total. The van der Waals surface area contributed by atoms with Gasteiger partial charge in [-0.25, -0.2) is 0 Å². The van der Waals surface area contributed by atoms with Crippen LogP contribution in [0.25, 0.3) is 0 Å². The lowest BCUT2D eigenvalue weighted by molar-refractivity contribution is 0.145. The van der Waals surface area contributed by atoms with E-state index in [2.05, 4.69) is 0 Å². The molecule has 0 aliphatic rings. The van der Waals surface area contributed by atoms with Gasteiger partial charge in [-0.1, -0.05) is 12.1 Å². The lowest BCUT2D eigenvalue weighted by Crippen LogP contribution is -2.11. The van der Waals surface area contributed by atoms with Crippen molar-refractivity contribution in [2.75, 3.05) is 26.9 Å².